The molecule has 3 heterocycles. The summed E-state index contributed by atoms with van der Waals surface area (Å²) in [5, 5.41) is 3.27. The summed E-state index contributed by atoms with van der Waals surface area (Å²) in [5.41, 5.74) is 0. The van der Waals surface area contributed by atoms with Crippen LogP contribution < -0.4 is 10.2 Å². The molecule has 1 aromatic rings. The number of likely N-dealkylation sites (N-methyl/N-ethyl adjacent to an activating group) is 1. The minimum absolute atomic E-state index is 0.0660. The summed E-state index contributed by atoms with van der Waals surface area (Å²) < 4.78 is 37.3. The van der Waals surface area contributed by atoms with Crippen LogP contribution in [0.2, 0.25) is 0 Å². The zero-order valence-corrected chi connectivity index (χ0v) is 16.1. The Morgan fingerprint density at radius 3 is 2.61 bits per heavy atom. The Morgan fingerprint density at radius 1 is 1.18 bits per heavy atom. The average Bonchev–Trinajstić information content (AvgIpc) is 2.64. The predicted molar refractivity (Wildman–Crippen MR) is 100 cm³/mol. The van der Waals surface area contributed by atoms with Crippen molar-refractivity contribution in [1.29, 1.82) is 0 Å². The van der Waals surface area contributed by atoms with E-state index in [4.69, 9.17) is 0 Å². The number of halogens is 3. The van der Waals surface area contributed by atoms with Gasteiger partial charge in [0, 0.05) is 32.7 Å². The van der Waals surface area contributed by atoms with Crippen molar-refractivity contribution in [3.8, 4) is 0 Å². The molecule has 0 aliphatic carbocycles. The number of anilines is 2. The fourth-order valence-electron chi connectivity index (χ4n) is 3.66. The second-order valence-electron chi connectivity index (χ2n) is 7.55. The number of carbonyl (C=O) groups excluding carboxylic acids is 1. The Kier molecular flexibility index (Phi) is 6.58. The molecule has 7 nitrogen and oxygen atoms in total. The molecule has 2 aliphatic heterocycles. The normalized spacial score (nSPS) is 19.9. The van der Waals surface area contributed by atoms with Gasteiger partial charge in [-0.3, -0.25) is 9.69 Å². The summed E-state index contributed by atoms with van der Waals surface area (Å²) in [5.74, 6) is 1.91. The van der Waals surface area contributed by atoms with E-state index in [9.17, 15) is 18.0 Å². The summed E-state index contributed by atoms with van der Waals surface area (Å²) in [4.78, 5) is 25.5. The highest BCUT2D eigenvalue weighted by Crippen LogP contribution is 2.24. The van der Waals surface area contributed by atoms with E-state index in [0.717, 1.165) is 31.6 Å². The molecule has 3 rings (SSSR count). The van der Waals surface area contributed by atoms with E-state index in [1.54, 1.807) is 11.9 Å². The highest BCUT2D eigenvalue weighted by Gasteiger charge is 2.32. The lowest BCUT2D eigenvalue weighted by Crippen LogP contribution is -2.48. The Bertz CT molecular complexity index is 663. The van der Waals surface area contributed by atoms with Gasteiger partial charge in [0.1, 0.15) is 18.0 Å². The van der Waals surface area contributed by atoms with Crippen molar-refractivity contribution >= 4 is 17.5 Å². The Balaban J connectivity index is 1.42. The Hall–Kier alpha value is -2.10. The number of nitrogens with zero attached hydrogens (tertiary/aromatic N) is 5. The summed E-state index contributed by atoms with van der Waals surface area (Å²) in [6, 6.07) is 1.84. The van der Waals surface area contributed by atoms with Gasteiger partial charge in [-0.1, -0.05) is 0 Å². The van der Waals surface area contributed by atoms with Crippen LogP contribution in [0.1, 0.15) is 19.3 Å². The number of hydrogen-bond acceptors (Lipinski definition) is 6. The van der Waals surface area contributed by atoms with Crippen LogP contribution in [0.25, 0.3) is 0 Å². The van der Waals surface area contributed by atoms with Crippen molar-refractivity contribution in [2.75, 3.05) is 63.1 Å². The van der Waals surface area contributed by atoms with E-state index >= 15 is 0 Å². The largest absolute Gasteiger partial charge is 0.401 e. The van der Waals surface area contributed by atoms with Crippen LogP contribution in [0.5, 0.6) is 0 Å². The van der Waals surface area contributed by atoms with Gasteiger partial charge >= 0.3 is 6.18 Å². The zero-order chi connectivity index (χ0) is 20.1. The molecule has 0 bridgehead atoms. The van der Waals surface area contributed by atoms with E-state index in [1.165, 1.54) is 11.2 Å². The van der Waals surface area contributed by atoms with Gasteiger partial charge in [0.25, 0.3) is 0 Å². The van der Waals surface area contributed by atoms with Crippen molar-refractivity contribution < 1.29 is 18.0 Å². The first-order valence-electron chi connectivity index (χ1n) is 9.64. The molecular formula is C18H27F3N6O. The number of likely N-dealkylation sites (tertiary alicyclic amines) is 1. The third-order valence-electron chi connectivity index (χ3n) is 5.40. The van der Waals surface area contributed by atoms with Gasteiger partial charge in [-0.25, -0.2) is 9.97 Å². The van der Waals surface area contributed by atoms with E-state index in [-0.39, 0.29) is 5.91 Å². The number of alkyl halides is 3. The van der Waals surface area contributed by atoms with Crippen molar-refractivity contribution in [1.82, 2.24) is 19.8 Å². The maximum atomic E-state index is 12.4. The van der Waals surface area contributed by atoms with Gasteiger partial charge in [0.2, 0.25) is 5.91 Å². The van der Waals surface area contributed by atoms with Crippen LogP contribution in [0, 0.1) is 5.92 Å². The average molecular weight is 400 g/mol. The van der Waals surface area contributed by atoms with Crippen LogP contribution in [0.15, 0.2) is 12.4 Å². The molecule has 1 N–H and O–H groups in total. The van der Waals surface area contributed by atoms with E-state index in [0.29, 0.717) is 44.5 Å². The first-order valence-corrected chi connectivity index (χ1v) is 9.64. The monoisotopic (exact) mass is 400 g/mol. The van der Waals surface area contributed by atoms with Gasteiger partial charge in [-0.15, -0.1) is 0 Å². The number of carbonyl (C=O) groups is 1. The highest BCUT2D eigenvalue weighted by atomic mass is 19.4. The van der Waals surface area contributed by atoms with Crippen molar-refractivity contribution in [3.05, 3.63) is 12.4 Å². The second-order valence-corrected chi connectivity index (χ2v) is 7.55. The Morgan fingerprint density at radius 2 is 1.93 bits per heavy atom. The molecule has 10 heteroatoms. The molecule has 0 aromatic carbocycles. The van der Waals surface area contributed by atoms with Crippen molar-refractivity contribution in [2.45, 2.75) is 25.4 Å². The molecule has 0 unspecified atom stereocenters. The van der Waals surface area contributed by atoms with Crippen LogP contribution >= 0.6 is 0 Å². The van der Waals surface area contributed by atoms with E-state index < -0.39 is 12.7 Å². The van der Waals surface area contributed by atoms with Crippen molar-refractivity contribution in [3.63, 3.8) is 0 Å². The van der Waals surface area contributed by atoms with Crippen LogP contribution in [0.4, 0.5) is 24.8 Å². The molecule has 28 heavy (non-hydrogen) atoms. The summed E-state index contributed by atoms with van der Waals surface area (Å²) in [7, 11) is 1.79. The lowest BCUT2D eigenvalue weighted by atomic mass is 9.93. The first kappa shape index (κ1) is 20.6. The quantitative estimate of drug-likeness (QED) is 0.786. The summed E-state index contributed by atoms with van der Waals surface area (Å²) >= 11 is 0. The molecule has 1 amide bonds. The minimum atomic E-state index is -4.12. The lowest BCUT2D eigenvalue weighted by molar-refractivity contribution is -0.148. The molecule has 0 spiro atoms. The molecule has 1 aromatic heterocycles. The number of aromatic nitrogens is 2. The predicted octanol–water partition coefficient (Wildman–Crippen LogP) is 1.83. The van der Waals surface area contributed by atoms with Crippen LogP contribution in [-0.4, -0.2) is 84.7 Å². The molecule has 0 radical (unpaired) electrons. The fourth-order valence-corrected chi connectivity index (χ4v) is 3.66. The molecule has 0 saturated carbocycles. The molecule has 156 valence electrons. The first-order chi connectivity index (χ1) is 13.3. The van der Waals surface area contributed by atoms with Crippen molar-refractivity contribution in [2.24, 2.45) is 5.92 Å². The third-order valence-corrected chi connectivity index (χ3v) is 5.40. The van der Waals surface area contributed by atoms with Gasteiger partial charge in [0.05, 0.1) is 13.1 Å². The van der Waals surface area contributed by atoms with Gasteiger partial charge in [-0.05, 0) is 38.3 Å². The third kappa shape index (κ3) is 5.95. The SMILES string of the molecule is CN1CCN(c2cc(NCCC3CCN(CC(F)(F)F)CC3)ncn2)CC1=O. The smallest absolute Gasteiger partial charge is 0.370 e. The van der Waals surface area contributed by atoms with Crippen LogP contribution in [0.3, 0.4) is 0 Å². The highest BCUT2D eigenvalue weighted by molar-refractivity contribution is 5.82. The zero-order valence-electron chi connectivity index (χ0n) is 16.1. The number of piperazine rings is 1. The summed E-state index contributed by atoms with van der Waals surface area (Å²) in [6.45, 7) is 2.61. The van der Waals surface area contributed by atoms with Crippen LogP contribution in [-0.2, 0) is 4.79 Å². The van der Waals surface area contributed by atoms with E-state index in [2.05, 4.69) is 15.3 Å². The maximum absolute atomic E-state index is 12.4. The molecule has 2 saturated heterocycles. The number of amides is 1. The molecule has 2 aliphatic rings. The molecule has 2 fully saturated rings. The van der Waals surface area contributed by atoms with Gasteiger partial charge in [-0.2, -0.15) is 13.2 Å². The van der Waals surface area contributed by atoms with Gasteiger partial charge in [0.15, 0.2) is 0 Å². The molecule has 0 atom stereocenters. The summed E-state index contributed by atoms with van der Waals surface area (Å²) in [6.07, 6.45) is -0.165. The van der Waals surface area contributed by atoms with Gasteiger partial charge < -0.3 is 15.1 Å². The topological polar surface area (TPSA) is 64.6 Å². The Labute approximate surface area is 162 Å². The lowest BCUT2D eigenvalue weighted by Gasteiger charge is -2.33. The number of hydrogen-bond donors (Lipinski definition) is 1. The van der Waals surface area contributed by atoms with E-state index in [1.807, 2.05) is 11.0 Å². The fraction of sp³-hybridized carbons (Fsp3) is 0.722. The minimum Gasteiger partial charge on any atom is -0.370 e. The number of nitrogens with one attached hydrogen (secondary N) is 1. The molecular weight excluding hydrogens is 373 g/mol. The maximum Gasteiger partial charge on any atom is 0.401 e. The second kappa shape index (κ2) is 8.93. The standard InChI is InChI=1S/C18H27F3N6O/c1-25-8-9-27(11-17(25)28)16-10-15(23-13-24-16)22-5-2-14-3-6-26(7-4-14)12-18(19,20)21/h10,13-14H,2-9,11-12H2,1H3,(H,22,23,24). The number of piperidine rings is 1. The number of rotatable bonds is 6.